The lowest BCUT2D eigenvalue weighted by Gasteiger charge is -2.35. The Labute approximate surface area is 111 Å². The summed E-state index contributed by atoms with van der Waals surface area (Å²) in [6, 6.07) is 1.27. The Morgan fingerprint density at radius 1 is 1.22 bits per heavy atom. The molecule has 0 spiro atoms. The molecule has 0 aromatic heterocycles. The monoisotopic (exact) mass is 256 g/mol. The second kappa shape index (κ2) is 7.43. The van der Waals surface area contributed by atoms with E-state index in [9.17, 15) is 0 Å². The van der Waals surface area contributed by atoms with E-state index in [4.69, 9.17) is 9.47 Å². The van der Waals surface area contributed by atoms with Crippen LogP contribution < -0.4 is 5.32 Å². The van der Waals surface area contributed by atoms with Crippen molar-refractivity contribution in [2.45, 2.75) is 50.8 Å². The highest BCUT2D eigenvalue weighted by molar-refractivity contribution is 4.78. The normalized spacial score (nSPS) is 27.8. The molecule has 0 aliphatic carbocycles. The van der Waals surface area contributed by atoms with Crippen molar-refractivity contribution >= 4 is 0 Å². The molecule has 2 heterocycles. The molecule has 0 saturated carbocycles. The van der Waals surface area contributed by atoms with Crippen molar-refractivity contribution in [3.05, 3.63) is 0 Å². The SMILES string of the molecule is CC(CNCC1CCCO1)N(C)C1CCOCC1. The van der Waals surface area contributed by atoms with Crippen LogP contribution in [0.3, 0.4) is 0 Å². The maximum absolute atomic E-state index is 5.62. The van der Waals surface area contributed by atoms with Crippen LogP contribution in [-0.4, -0.2) is 63.0 Å². The molecule has 4 nitrogen and oxygen atoms in total. The van der Waals surface area contributed by atoms with Crippen molar-refractivity contribution < 1.29 is 9.47 Å². The summed E-state index contributed by atoms with van der Waals surface area (Å²) in [5.74, 6) is 0. The van der Waals surface area contributed by atoms with Crippen LogP contribution >= 0.6 is 0 Å². The van der Waals surface area contributed by atoms with Crippen molar-refractivity contribution in [3.63, 3.8) is 0 Å². The molecule has 0 aromatic rings. The van der Waals surface area contributed by atoms with Crippen LogP contribution in [0, 0.1) is 0 Å². The third kappa shape index (κ3) is 4.19. The van der Waals surface area contributed by atoms with Gasteiger partial charge in [0.05, 0.1) is 6.10 Å². The number of hydrogen-bond donors (Lipinski definition) is 1. The summed E-state index contributed by atoms with van der Waals surface area (Å²) in [6.07, 6.45) is 5.24. The zero-order valence-electron chi connectivity index (χ0n) is 11.9. The molecule has 2 rings (SSSR count). The largest absolute Gasteiger partial charge is 0.381 e. The molecule has 18 heavy (non-hydrogen) atoms. The molecule has 2 atom stereocenters. The predicted octanol–water partition coefficient (Wildman–Crippen LogP) is 1.25. The van der Waals surface area contributed by atoms with Gasteiger partial charge in [0.1, 0.15) is 0 Å². The molecule has 106 valence electrons. The summed E-state index contributed by atoms with van der Waals surface area (Å²) in [5.41, 5.74) is 0. The van der Waals surface area contributed by atoms with Gasteiger partial charge in [-0.15, -0.1) is 0 Å². The van der Waals surface area contributed by atoms with Crippen molar-refractivity contribution in [2.24, 2.45) is 0 Å². The minimum Gasteiger partial charge on any atom is -0.381 e. The maximum Gasteiger partial charge on any atom is 0.0700 e. The van der Waals surface area contributed by atoms with Crippen LogP contribution in [0.25, 0.3) is 0 Å². The molecular formula is C14H28N2O2. The molecule has 2 unspecified atom stereocenters. The highest BCUT2D eigenvalue weighted by Gasteiger charge is 2.22. The Hall–Kier alpha value is -0.160. The van der Waals surface area contributed by atoms with Crippen LogP contribution in [0.1, 0.15) is 32.6 Å². The maximum atomic E-state index is 5.62. The minimum atomic E-state index is 0.450. The number of likely N-dealkylation sites (N-methyl/N-ethyl adjacent to an activating group) is 1. The van der Waals surface area contributed by atoms with Gasteiger partial charge in [0.15, 0.2) is 0 Å². The molecule has 0 radical (unpaired) electrons. The second-order valence-electron chi connectivity index (χ2n) is 5.65. The van der Waals surface area contributed by atoms with Gasteiger partial charge in [0.2, 0.25) is 0 Å². The van der Waals surface area contributed by atoms with Crippen LogP contribution in [0.2, 0.25) is 0 Å². The van der Waals surface area contributed by atoms with Gasteiger partial charge in [-0.2, -0.15) is 0 Å². The molecule has 1 N–H and O–H groups in total. The van der Waals surface area contributed by atoms with E-state index < -0.39 is 0 Å². The molecule has 4 heteroatoms. The Kier molecular flexibility index (Phi) is 5.89. The molecule has 2 fully saturated rings. The van der Waals surface area contributed by atoms with Crippen LogP contribution in [0.4, 0.5) is 0 Å². The Morgan fingerprint density at radius 2 is 2.00 bits per heavy atom. The smallest absolute Gasteiger partial charge is 0.0700 e. The lowest BCUT2D eigenvalue weighted by Crippen LogP contribution is -2.46. The summed E-state index contributed by atoms with van der Waals surface area (Å²) >= 11 is 0. The fourth-order valence-electron chi connectivity index (χ4n) is 2.85. The predicted molar refractivity (Wildman–Crippen MR) is 72.9 cm³/mol. The van der Waals surface area contributed by atoms with E-state index in [0.29, 0.717) is 18.2 Å². The van der Waals surface area contributed by atoms with E-state index in [-0.39, 0.29) is 0 Å². The second-order valence-corrected chi connectivity index (χ2v) is 5.65. The van der Waals surface area contributed by atoms with Crippen LogP contribution in [-0.2, 0) is 9.47 Å². The third-order valence-electron chi connectivity index (χ3n) is 4.30. The summed E-state index contributed by atoms with van der Waals surface area (Å²) in [4.78, 5) is 2.50. The molecule has 2 aliphatic heterocycles. The van der Waals surface area contributed by atoms with Gasteiger partial charge in [-0.05, 0) is 39.7 Å². The summed E-state index contributed by atoms with van der Waals surface area (Å²) in [7, 11) is 2.24. The van der Waals surface area contributed by atoms with Gasteiger partial charge < -0.3 is 14.8 Å². The van der Waals surface area contributed by atoms with E-state index in [1.807, 2.05) is 0 Å². The molecule has 0 amide bonds. The molecule has 0 aromatic carbocycles. The van der Waals surface area contributed by atoms with E-state index in [2.05, 4.69) is 24.2 Å². The molecule has 2 saturated heterocycles. The Bertz CT molecular complexity index is 226. The summed E-state index contributed by atoms with van der Waals surface area (Å²) in [5, 5.41) is 3.55. The number of ether oxygens (including phenoxy) is 2. The molecule has 0 bridgehead atoms. The van der Waals surface area contributed by atoms with Gasteiger partial charge in [0, 0.05) is 45.0 Å². The van der Waals surface area contributed by atoms with Crippen LogP contribution in [0.15, 0.2) is 0 Å². The van der Waals surface area contributed by atoms with E-state index >= 15 is 0 Å². The summed E-state index contributed by atoms with van der Waals surface area (Å²) < 4.78 is 11.0. The highest BCUT2D eigenvalue weighted by atomic mass is 16.5. The van der Waals surface area contributed by atoms with Crippen molar-refractivity contribution in [1.29, 1.82) is 0 Å². The van der Waals surface area contributed by atoms with E-state index in [1.54, 1.807) is 0 Å². The fourth-order valence-corrected chi connectivity index (χ4v) is 2.85. The number of nitrogens with zero attached hydrogens (tertiary/aromatic N) is 1. The zero-order valence-corrected chi connectivity index (χ0v) is 11.9. The van der Waals surface area contributed by atoms with Gasteiger partial charge in [0.25, 0.3) is 0 Å². The van der Waals surface area contributed by atoms with Gasteiger partial charge in [-0.25, -0.2) is 0 Å². The van der Waals surface area contributed by atoms with Gasteiger partial charge >= 0.3 is 0 Å². The minimum absolute atomic E-state index is 0.450. The van der Waals surface area contributed by atoms with Gasteiger partial charge in [-0.3, -0.25) is 4.90 Å². The summed E-state index contributed by atoms with van der Waals surface area (Å²) in [6.45, 7) is 7.15. The van der Waals surface area contributed by atoms with Crippen molar-refractivity contribution in [1.82, 2.24) is 10.2 Å². The van der Waals surface area contributed by atoms with E-state index in [1.165, 1.54) is 25.7 Å². The number of hydrogen-bond acceptors (Lipinski definition) is 4. The van der Waals surface area contributed by atoms with Crippen molar-refractivity contribution in [2.75, 3.05) is 40.0 Å². The van der Waals surface area contributed by atoms with E-state index in [0.717, 1.165) is 32.9 Å². The fraction of sp³-hybridized carbons (Fsp3) is 1.00. The third-order valence-corrected chi connectivity index (χ3v) is 4.30. The van der Waals surface area contributed by atoms with Crippen LogP contribution in [0.5, 0.6) is 0 Å². The number of nitrogens with one attached hydrogen (secondary N) is 1. The standard InChI is InChI=1S/C14H28N2O2/c1-12(10-15-11-14-4-3-7-18-14)16(2)13-5-8-17-9-6-13/h12-15H,3-11H2,1-2H3. The van der Waals surface area contributed by atoms with Crippen molar-refractivity contribution in [3.8, 4) is 0 Å². The first-order valence-corrected chi connectivity index (χ1v) is 7.39. The number of rotatable bonds is 6. The molecule has 2 aliphatic rings. The quantitative estimate of drug-likeness (QED) is 0.775. The lowest BCUT2D eigenvalue weighted by molar-refractivity contribution is 0.0305. The first kappa shape index (κ1) is 14.3. The van der Waals surface area contributed by atoms with Gasteiger partial charge in [-0.1, -0.05) is 0 Å². The zero-order chi connectivity index (χ0) is 12.8. The highest BCUT2D eigenvalue weighted by Crippen LogP contribution is 2.15. The average Bonchev–Trinajstić information content (AvgIpc) is 2.92. The Morgan fingerprint density at radius 3 is 2.67 bits per heavy atom. The first-order chi connectivity index (χ1) is 8.77. The molecular weight excluding hydrogens is 228 g/mol. The lowest BCUT2D eigenvalue weighted by atomic mass is 10.1. The topological polar surface area (TPSA) is 33.7 Å². The Balaban J connectivity index is 1.61. The first-order valence-electron chi connectivity index (χ1n) is 7.39. The average molecular weight is 256 g/mol.